The topological polar surface area (TPSA) is 55.9 Å². The minimum absolute atomic E-state index is 0.408. The van der Waals surface area contributed by atoms with Crippen LogP contribution in [0.15, 0.2) is 23.0 Å². The standard InChI is InChI=1S/C14H20N4O/c1-3-12(15-2)11-6-7-18(8-11)9-13-16-14(17-19-13)10-4-5-10/h6-8,10,12,15H,3-5,9H2,1-2H3. The lowest BCUT2D eigenvalue weighted by atomic mass is 10.1. The van der Waals surface area contributed by atoms with Gasteiger partial charge in [-0.3, -0.25) is 0 Å². The summed E-state index contributed by atoms with van der Waals surface area (Å²) < 4.78 is 7.39. The van der Waals surface area contributed by atoms with Crippen molar-refractivity contribution in [2.75, 3.05) is 7.05 Å². The van der Waals surface area contributed by atoms with Crippen molar-refractivity contribution in [2.24, 2.45) is 0 Å². The summed E-state index contributed by atoms with van der Waals surface area (Å²) in [4.78, 5) is 4.45. The van der Waals surface area contributed by atoms with E-state index in [4.69, 9.17) is 4.52 Å². The normalized spacial score (nSPS) is 16.7. The first-order valence-corrected chi connectivity index (χ1v) is 6.95. The molecule has 102 valence electrons. The maximum atomic E-state index is 5.29. The number of aromatic nitrogens is 3. The van der Waals surface area contributed by atoms with Gasteiger partial charge in [0, 0.05) is 24.4 Å². The van der Waals surface area contributed by atoms with Crippen LogP contribution in [0.5, 0.6) is 0 Å². The van der Waals surface area contributed by atoms with Crippen LogP contribution in [0.4, 0.5) is 0 Å². The van der Waals surface area contributed by atoms with E-state index in [1.165, 1.54) is 18.4 Å². The fourth-order valence-electron chi connectivity index (χ4n) is 2.37. The Morgan fingerprint density at radius 3 is 3.05 bits per heavy atom. The highest BCUT2D eigenvalue weighted by Crippen LogP contribution is 2.38. The molecule has 1 saturated carbocycles. The van der Waals surface area contributed by atoms with Crippen LogP contribution >= 0.6 is 0 Å². The van der Waals surface area contributed by atoms with E-state index in [0.29, 0.717) is 24.4 Å². The Kier molecular flexibility index (Phi) is 3.38. The number of hydrogen-bond acceptors (Lipinski definition) is 4. The molecule has 2 aromatic heterocycles. The lowest BCUT2D eigenvalue weighted by molar-refractivity contribution is 0.366. The summed E-state index contributed by atoms with van der Waals surface area (Å²) in [6.45, 7) is 2.83. The molecule has 3 rings (SSSR count). The van der Waals surface area contributed by atoms with E-state index in [1.807, 2.05) is 7.05 Å². The van der Waals surface area contributed by atoms with Gasteiger partial charge >= 0.3 is 0 Å². The first kappa shape index (κ1) is 12.4. The predicted octanol–water partition coefficient (Wildman–Crippen LogP) is 2.47. The van der Waals surface area contributed by atoms with Gasteiger partial charge in [-0.2, -0.15) is 4.98 Å². The smallest absolute Gasteiger partial charge is 0.246 e. The highest BCUT2D eigenvalue weighted by atomic mass is 16.5. The van der Waals surface area contributed by atoms with E-state index in [1.54, 1.807) is 0 Å². The summed E-state index contributed by atoms with van der Waals surface area (Å²) in [5, 5.41) is 7.34. The Hall–Kier alpha value is -1.62. The summed E-state index contributed by atoms with van der Waals surface area (Å²) in [5.74, 6) is 2.12. The van der Waals surface area contributed by atoms with Crippen molar-refractivity contribution in [2.45, 2.75) is 44.7 Å². The molecule has 0 spiro atoms. The van der Waals surface area contributed by atoms with Gasteiger partial charge in [0.1, 0.15) is 6.54 Å². The summed E-state index contributed by atoms with van der Waals surface area (Å²) in [7, 11) is 1.99. The monoisotopic (exact) mass is 260 g/mol. The number of hydrogen-bond donors (Lipinski definition) is 1. The van der Waals surface area contributed by atoms with Gasteiger partial charge in [0.05, 0.1) is 0 Å². The van der Waals surface area contributed by atoms with Gasteiger partial charge in [0.2, 0.25) is 5.89 Å². The second kappa shape index (κ2) is 5.17. The number of nitrogens with one attached hydrogen (secondary N) is 1. The fraction of sp³-hybridized carbons (Fsp3) is 0.571. The second-order valence-corrected chi connectivity index (χ2v) is 5.19. The molecule has 1 fully saturated rings. The Bertz CT molecular complexity index is 537. The van der Waals surface area contributed by atoms with E-state index < -0.39 is 0 Å². The fourth-order valence-corrected chi connectivity index (χ4v) is 2.37. The van der Waals surface area contributed by atoms with E-state index in [0.717, 1.165) is 12.2 Å². The largest absolute Gasteiger partial charge is 0.345 e. The molecule has 5 nitrogen and oxygen atoms in total. The third kappa shape index (κ3) is 2.71. The average molecular weight is 260 g/mol. The molecule has 2 heterocycles. The molecular formula is C14H20N4O. The van der Waals surface area contributed by atoms with Crippen molar-refractivity contribution in [1.82, 2.24) is 20.0 Å². The summed E-state index contributed by atoms with van der Waals surface area (Å²) >= 11 is 0. The van der Waals surface area contributed by atoms with E-state index in [2.05, 4.69) is 45.4 Å². The van der Waals surface area contributed by atoms with Crippen molar-refractivity contribution >= 4 is 0 Å². The third-order valence-electron chi connectivity index (χ3n) is 3.68. The minimum Gasteiger partial charge on any atom is -0.345 e. The highest BCUT2D eigenvalue weighted by Gasteiger charge is 2.28. The SMILES string of the molecule is CCC(NC)c1ccn(Cc2nc(C3CC3)no2)c1. The summed E-state index contributed by atoms with van der Waals surface area (Å²) in [6, 6.07) is 2.55. The van der Waals surface area contributed by atoms with Crippen molar-refractivity contribution in [3.63, 3.8) is 0 Å². The molecule has 0 aliphatic heterocycles. The van der Waals surface area contributed by atoms with Crippen LogP contribution in [0.3, 0.4) is 0 Å². The number of rotatable bonds is 6. The van der Waals surface area contributed by atoms with Crippen LogP contribution < -0.4 is 5.32 Å². The maximum absolute atomic E-state index is 5.29. The van der Waals surface area contributed by atoms with Gasteiger partial charge < -0.3 is 14.4 Å². The van der Waals surface area contributed by atoms with Gasteiger partial charge in [0.15, 0.2) is 5.82 Å². The minimum atomic E-state index is 0.408. The second-order valence-electron chi connectivity index (χ2n) is 5.19. The van der Waals surface area contributed by atoms with Crippen LogP contribution in [0, 0.1) is 0 Å². The van der Waals surface area contributed by atoms with Crippen LogP contribution in [-0.4, -0.2) is 21.8 Å². The van der Waals surface area contributed by atoms with Crippen LogP contribution in [0.25, 0.3) is 0 Å². The molecule has 0 amide bonds. The molecule has 1 unspecified atom stereocenters. The Morgan fingerprint density at radius 1 is 1.53 bits per heavy atom. The van der Waals surface area contributed by atoms with Crippen LogP contribution in [0.2, 0.25) is 0 Å². The van der Waals surface area contributed by atoms with Gasteiger partial charge in [-0.15, -0.1) is 0 Å². The van der Waals surface area contributed by atoms with E-state index in [-0.39, 0.29) is 0 Å². The molecule has 1 N–H and O–H groups in total. The molecule has 0 radical (unpaired) electrons. The Labute approximate surface area is 113 Å². The zero-order chi connectivity index (χ0) is 13.2. The molecule has 19 heavy (non-hydrogen) atoms. The van der Waals surface area contributed by atoms with Gasteiger partial charge in [-0.25, -0.2) is 0 Å². The summed E-state index contributed by atoms with van der Waals surface area (Å²) in [5.41, 5.74) is 1.30. The van der Waals surface area contributed by atoms with E-state index in [9.17, 15) is 0 Å². The zero-order valence-electron chi connectivity index (χ0n) is 11.5. The molecule has 5 heteroatoms. The highest BCUT2D eigenvalue weighted by molar-refractivity contribution is 5.15. The van der Waals surface area contributed by atoms with Gasteiger partial charge in [-0.05, 0) is 37.9 Å². The Balaban J connectivity index is 1.68. The lowest BCUT2D eigenvalue weighted by Crippen LogP contribution is -2.14. The van der Waals surface area contributed by atoms with Crippen molar-refractivity contribution in [3.05, 3.63) is 35.7 Å². The first-order chi connectivity index (χ1) is 9.30. The van der Waals surface area contributed by atoms with Gasteiger partial charge in [-0.1, -0.05) is 12.1 Å². The number of nitrogens with zero attached hydrogens (tertiary/aromatic N) is 3. The van der Waals surface area contributed by atoms with Crippen molar-refractivity contribution in [1.29, 1.82) is 0 Å². The van der Waals surface area contributed by atoms with Gasteiger partial charge in [0.25, 0.3) is 0 Å². The maximum Gasteiger partial charge on any atom is 0.246 e. The molecule has 2 aromatic rings. The molecule has 0 saturated heterocycles. The molecule has 1 atom stereocenters. The first-order valence-electron chi connectivity index (χ1n) is 6.95. The molecule has 0 bridgehead atoms. The molecular weight excluding hydrogens is 240 g/mol. The summed E-state index contributed by atoms with van der Waals surface area (Å²) in [6.07, 6.45) is 7.69. The molecule has 1 aliphatic carbocycles. The van der Waals surface area contributed by atoms with Crippen LogP contribution in [-0.2, 0) is 6.54 Å². The third-order valence-corrected chi connectivity index (χ3v) is 3.68. The zero-order valence-corrected chi connectivity index (χ0v) is 11.5. The van der Waals surface area contributed by atoms with Crippen molar-refractivity contribution in [3.8, 4) is 0 Å². The Morgan fingerprint density at radius 2 is 2.37 bits per heavy atom. The van der Waals surface area contributed by atoms with E-state index >= 15 is 0 Å². The lowest BCUT2D eigenvalue weighted by Gasteiger charge is -2.11. The van der Waals surface area contributed by atoms with Crippen molar-refractivity contribution < 1.29 is 4.52 Å². The quantitative estimate of drug-likeness (QED) is 0.867. The molecule has 0 aromatic carbocycles. The van der Waals surface area contributed by atoms with Crippen LogP contribution in [0.1, 0.15) is 55.4 Å². The average Bonchev–Trinajstić information content (AvgIpc) is 3.00. The molecule has 1 aliphatic rings. The predicted molar refractivity (Wildman–Crippen MR) is 71.9 cm³/mol.